The Morgan fingerprint density at radius 3 is 2.68 bits per heavy atom. The molecular formula is C19H19N5O4. The lowest BCUT2D eigenvalue weighted by molar-refractivity contribution is -0.384. The maximum Gasteiger partial charge on any atom is 0.295 e. The molecule has 0 spiro atoms. The van der Waals surface area contributed by atoms with Crippen molar-refractivity contribution < 1.29 is 14.5 Å². The summed E-state index contributed by atoms with van der Waals surface area (Å²) in [6.45, 7) is 1.87. The lowest BCUT2D eigenvalue weighted by Gasteiger charge is -2.26. The highest BCUT2D eigenvalue weighted by Gasteiger charge is 2.25. The summed E-state index contributed by atoms with van der Waals surface area (Å²) in [7, 11) is 3.22. The zero-order valence-electron chi connectivity index (χ0n) is 15.6. The van der Waals surface area contributed by atoms with Crippen LogP contribution in [0.15, 0.2) is 55.1 Å². The molecule has 1 aromatic heterocycles. The SMILES string of the molecule is COc1ccccc1C(C)N(C)C(=O)c1ccc(-n2cncn2)c([N+](=O)[O-])c1. The molecule has 0 bridgehead atoms. The molecule has 3 rings (SSSR count). The zero-order valence-corrected chi connectivity index (χ0v) is 15.6. The second kappa shape index (κ2) is 7.87. The van der Waals surface area contributed by atoms with Gasteiger partial charge in [0.05, 0.1) is 18.1 Å². The number of hydrogen-bond acceptors (Lipinski definition) is 6. The Balaban J connectivity index is 1.93. The number of nitro groups is 1. The second-order valence-corrected chi connectivity index (χ2v) is 6.13. The molecule has 0 saturated heterocycles. The highest BCUT2D eigenvalue weighted by Crippen LogP contribution is 2.30. The van der Waals surface area contributed by atoms with Gasteiger partial charge in [-0.3, -0.25) is 14.9 Å². The maximum atomic E-state index is 13.0. The third-order valence-corrected chi connectivity index (χ3v) is 4.57. The number of benzene rings is 2. The quantitative estimate of drug-likeness (QED) is 0.480. The average molecular weight is 381 g/mol. The van der Waals surface area contributed by atoms with E-state index >= 15 is 0 Å². The van der Waals surface area contributed by atoms with Crippen molar-refractivity contribution in [2.75, 3.05) is 14.2 Å². The van der Waals surface area contributed by atoms with Crippen molar-refractivity contribution in [2.24, 2.45) is 0 Å². The molecule has 9 heteroatoms. The van der Waals surface area contributed by atoms with E-state index in [0.29, 0.717) is 5.75 Å². The predicted octanol–water partition coefficient (Wildman–Crippen LogP) is 3.02. The molecule has 144 valence electrons. The van der Waals surface area contributed by atoms with Crippen LogP contribution in [0.25, 0.3) is 5.69 Å². The maximum absolute atomic E-state index is 13.0. The fraction of sp³-hybridized carbons (Fsp3) is 0.211. The number of carbonyl (C=O) groups excluding carboxylic acids is 1. The smallest absolute Gasteiger partial charge is 0.295 e. The summed E-state index contributed by atoms with van der Waals surface area (Å²) in [4.78, 5) is 29.2. The first kappa shape index (κ1) is 19.0. The summed E-state index contributed by atoms with van der Waals surface area (Å²) in [6, 6.07) is 11.4. The van der Waals surface area contributed by atoms with Gasteiger partial charge in [-0.25, -0.2) is 9.67 Å². The summed E-state index contributed by atoms with van der Waals surface area (Å²) >= 11 is 0. The van der Waals surface area contributed by atoms with Gasteiger partial charge in [0.15, 0.2) is 0 Å². The van der Waals surface area contributed by atoms with Gasteiger partial charge in [-0.1, -0.05) is 18.2 Å². The Bertz CT molecular complexity index is 1000. The van der Waals surface area contributed by atoms with Crippen LogP contribution in [-0.4, -0.2) is 44.7 Å². The standard InChI is InChI=1S/C19H19N5O4/c1-13(15-6-4-5-7-18(15)28-3)22(2)19(25)14-8-9-16(17(10-14)24(26)27)23-12-20-11-21-23/h4-13H,1-3H3. The van der Waals surface area contributed by atoms with E-state index in [0.717, 1.165) is 5.56 Å². The molecule has 1 unspecified atom stereocenters. The van der Waals surface area contributed by atoms with Crippen molar-refractivity contribution >= 4 is 11.6 Å². The van der Waals surface area contributed by atoms with Gasteiger partial charge < -0.3 is 9.64 Å². The van der Waals surface area contributed by atoms with Crippen LogP contribution in [0.5, 0.6) is 5.75 Å². The number of nitrogens with zero attached hydrogens (tertiary/aromatic N) is 5. The molecule has 2 aromatic carbocycles. The lowest BCUT2D eigenvalue weighted by Crippen LogP contribution is -2.30. The number of carbonyl (C=O) groups is 1. The summed E-state index contributed by atoms with van der Waals surface area (Å²) < 4.78 is 6.65. The van der Waals surface area contributed by atoms with Crippen molar-refractivity contribution in [1.82, 2.24) is 19.7 Å². The van der Waals surface area contributed by atoms with Crippen molar-refractivity contribution in [2.45, 2.75) is 13.0 Å². The number of aromatic nitrogens is 3. The number of rotatable bonds is 6. The van der Waals surface area contributed by atoms with Crippen LogP contribution in [0.1, 0.15) is 28.9 Å². The number of hydrogen-bond donors (Lipinski definition) is 0. The Hall–Kier alpha value is -3.75. The van der Waals surface area contributed by atoms with Crippen molar-refractivity contribution in [3.05, 3.63) is 76.4 Å². The largest absolute Gasteiger partial charge is 0.496 e. The number of ether oxygens (including phenoxy) is 1. The molecule has 0 fully saturated rings. The lowest BCUT2D eigenvalue weighted by atomic mass is 10.0. The third-order valence-electron chi connectivity index (χ3n) is 4.57. The molecule has 0 aliphatic carbocycles. The van der Waals surface area contributed by atoms with E-state index in [9.17, 15) is 14.9 Å². The molecule has 28 heavy (non-hydrogen) atoms. The molecule has 1 atom stereocenters. The third kappa shape index (κ3) is 3.54. The van der Waals surface area contributed by atoms with Gasteiger partial charge >= 0.3 is 0 Å². The molecule has 1 amide bonds. The highest BCUT2D eigenvalue weighted by molar-refractivity contribution is 5.95. The average Bonchev–Trinajstić information content (AvgIpc) is 3.26. The fourth-order valence-corrected chi connectivity index (χ4v) is 2.93. The molecule has 9 nitrogen and oxygen atoms in total. The van der Waals surface area contributed by atoms with E-state index < -0.39 is 4.92 Å². The van der Waals surface area contributed by atoms with Crippen molar-refractivity contribution in [3.8, 4) is 11.4 Å². The van der Waals surface area contributed by atoms with Crippen LogP contribution >= 0.6 is 0 Å². The predicted molar refractivity (Wildman–Crippen MR) is 102 cm³/mol. The van der Waals surface area contributed by atoms with Crippen molar-refractivity contribution in [1.29, 1.82) is 0 Å². The molecule has 0 aliphatic rings. The molecule has 0 saturated carbocycles. The van der Waals surface area contributed by atoms with E-state index in [-0.39, 0.29) is 28.9 Å². The van der Waals surface area contributed by atoms with Crippen molar-refractivity contribution in [3.63, 3.8) is 0 Å². The van der Waals surface area contributed by atoms with Crippen LogP contribution in [-0.2, 0) is 0 Å². The zero-order chi connectivity index (χ0) is 20.3. The first-order valence-electron chi connectivity index (χ1n) is 8.47. The summed E-state index contributed by atoms with van der Waals surface area (Å²) in [5.41, 5.74) is 1.06. The van der Waals surface area contributed by atoms with Gasteiger partial charge in [-0.15, -0.1) is 0 Å². The first-order valence-corrected chi connectivity index (χ1v) is 8.47. The van der Waals surface area contributed by atoms with Crippen LogP contribution in [0.2, 0.25) is 0 Å². The normalized spacial score (nSPS) is 11.7. The Kier molecular flexibility index (Phi) is 5.35. The number of para-hydroxylation sites is 1. The van der Waals surface area contributed by atoms with Gasteiger partial charge in [0.1, 0.15) is 24.1 Å². The first-order chi connectivity index (χ1) is 13.4. The van der Waals surface area contributed by atoms with Crippen LogP contribution in [0, 0.1) is 10.1 Å². The number of nitro benzene ring substituents is 1. The highest BCUT2D eigenvalue weighted by atomic mass is 16.6. The summed E-state index contributed by atoms with van der Waals surface area (Å²) in [6.07, 6.45) is 2.64. The number of amides is 1. The Morgan fingerprint density at radius 1 is 1.29 bits per heavy atom. The van der Waals surface area contributed by atoms with Crippen LogP contribution < -0.4 is 4.74 Å². The topological polar surface area (TPSA) is 103 Å². The fourth-order valence-electron chi connectivity index (χ4n) is 2.93. The molecule has 0 aliphatic heterocycles. The minimum Gasteiger partial charge on any atom is -0.496 e. The minimum absolute atomic E-state index is 0.208. The number of methoxy groups -OCH3 is 1. The van der Waals surface area contributed by atoms with Crippen LogP contribution in [0.4, 0.5) is 5.69 Å². The Labute approximate surface area is 161 Å². The Morgan fingerprint density at radius 2 is 2.04 bits per heavy atom. The minimum atomic E-state index is -0.544. The van der Waals surface area contributed by atoms with E-state index in [2.05, 4.69) is 10.1 Å². The molecule has 0 radical (unpaired) electrons. The monoisotopic (exact) mass is 381 g/mol. The summed E-state index contributed by atoms with van der Waals surface area (Å²) in [5.74, 6) is 0.328. The van der Waals surface area contributed by atoms with E-state index in [1.165, 1.54) is 40.4 Å². The van der Waals surface area contributed by atoms with Gasteiger partial charge in [0.25, 0.3) is 11.6 Å². The van der Waals surface area contributed by atoms with Gasteiger partial charge in [0, 0.05) is 24.2 Å². The van der Waals surface area contributed by atoms with Gasteiger partial charge in [-0.2, -0.15) is 5.10 Å². The van der Waals surface area contributed by atoms with Gasteiger partial charge in [0.2, 0.25) is 0 Å². The molecule has 3 aromatic rings. The van der Waals surface area contributed by atoms with E-state index in [4.69, 9.17) is 4.74 Å². The summed E-state index contributed by atoms with van der Waals surface area (Å²) in [5, 5.41) is 15.4. The van der Waals surface area contributed by atoms with Gasteiger partial charge in [-0.05, 0) is 25.1 Å². The van der Waals surface area contributed by atoms with E-state index in [1.54, 1.807) is 14.2 Å². The molecule has 1 heterocycles. The second-order valence-electron chi connectivity index (χ2n) is 6.13. The van der Waals surface area contributed by atoms with E-state index in [1.807, 2.05) is 31.2 Å². The molecule has 0 N–H and O–H groups in total. The molecular weight excluding hydrogens is 362 g/mol. The van der Waals surface area contributed by atoms with Crippen LogP contribution in [0.3, 0.4) is 0 Å².